The topological polar surface area (TPSA) is 54.9 Å². The molecule has 0 bridgehead atoms. The highest BCUT2D eigenvalue weighted by Crippen LogP contribution is 2.14. The summed E-state index contributed by atoms with van der Waals surface area (Å²) in [4.78, 5) is 19.0. The molecule has 0 unspecified atom stereocenters. The van der Waals surface area contributed by atoms with Crippen LogP contribution in [0.5, 0.6) is 0 Å². The van der Waals surface area contributed by atoms with Gasteiger partial charge < -0.3 is 5.32 Å². The number of anilines is 1. The van der Waals surface area contributed by atoms with Crippen LogP contribution in [0.4, 0.5) is 5.82 Å². The molecule has 1 aromatic heterocycles. The number of carbonyl (C=O) groups excluding carboxylic acids is 1. The quantitative estimate of drug-likeness (QED) is 0.348. The summed E-state index contributed by atoms with van der Waals surface area (Å²) in [6.45, 7) is 2.96. The molecule has 1 heterocycles. The number of hydrogen-bond donors (Lipinski definition) is 1. The SMILES string of the molecule is CCCCNc1nc(SC)ncc1C=O. The zero-order valence-corrected chi connectivity index (χ0v) is 9.80. The molecule has 1 N–H and O–H groups in total. The van der Waals surface area contributed by atoms with E-state index in [2.05, 4.69) is 22.2 Å². The van der Waals surface area contributed by atoms with Crippen molar-refractivity contribution in [3.8, 4) is 0 Å². The molecule has 0 aromatic carbocycles. The van der Waals surface area contributed by atoms with E-state index in [0.29, 0.717) is 16.5 Å². The highest BCUT2D eigenvalue weighted by atomic mass is 32.2. The molecule has 5 heteroatoms. The van der Waals surface area contributed by atoms with Crippen LogP contribution in [0.15, 0.2) is 11.4 Å². The molecule has 0 aliphatic carbocycles. The minimum absolute atomic E-state index is 0.518. The van der Waals surface area contributed by atoms with Gasteiger partial charge in [-0.3, -0.25) is 4.79 Å². The minimum Gasteiger partial charge on any atom is -0.369 e. The van der Waals surface area contributed by atoms with Gasteiger partial charge in [-0.2, -0.15) is 0 Å². The van der Waals surface area contributed by atoms with Crippen molar-refractivity contribution in [1.82, 2.24) is 9.97 Å². The maximum atomic E-state index is 10.7. The van der Waals surface area contributed by atoms with Gasteiger partial charge in [0.2, 0.25) is 0 Å². The smallest absolute Gasteiger partial charge is 0.189 e. The highest BCUT2D eigenvalue weighted by Gasteiger charge is 2.04. The van der Waals surface area contributed by atoms with Gasteiger partial charge in [0.1, 0.15) is 5.82 Å². The fraction of sp³-hybridized carbons (Fsp3) is 0.500. The molecule has 0 radical (unpaired) electrons. The molecule has 0 saturated heterocycles. The maximum Gasteiger partial charge on any atom is 0.189 e. The second kappa shape index (κ2) is 6.40. The number of unbranched alkanes of at least 4 members (excludes halogenated alkanes) is 1. The molecule has 15 heavy (non-hydrogen) atoms. The fourth-order valence-corrected chi connectivity index (χ4v) is 1.43. The van der Waals surface area contributed by atoms with E-state index in [1.54, 1.807) is 6.20 Å². The molecule has 0 aliphatic heterocycles. The number of thioether (sulfide) groups is 1. The van der Waals surface area contributed by atoms with Gasteiger partial charge >= 0.3 is 0 Å². The van der Waals surface area contributed by atoms with Crippen LogP contribution in [0.2, 0.25) is 0 Å². The van der Waals surface area contributed by atoms with Crippen LogP contribution in [0, 0.1) is 0 Å². The average molecular weight is 225 g/mol. The van der Waals surface area contributed by atoms with Gasteiger partial charge in [-0.25, -0.2) is 9.97 Å². The molecule has 0 fully saturated rings. The summed E-state index contributed by atoms with van der Waals surface area (Å²) in [5, 5.41) is 3.82. The molecule has 0 atom stereocenters. The van der Waals surface area contributed by atoms with Crippen LogP contribution in [0.25, 0.3) is 0 Å². The number of hydrogen-bond acceptors (Lipinski definition) is 5. The first-order valence-electron chi connectivity index (χ1n) is 4.92. The number of nitrogens with zero attached hydrogens (tertiary/aromatic N) is 2. The van der Waals surface area contributed by atoms with Gasteiger partial charge in [0, 0.05) is 12.7 Å². The van der Waals surface area contributed by atoms with E-state index in [1.165, 1.54) is 11.8 Å². The fourth-order valence-electron chi connectivity index (χ4n) is 1.08. The Bertz CT molecular complexity index is 330. The van der Waals surface area contributed by atoms with Crippen molar-refractivity contribution >= 4 is 23.9 Å². The summed E-state index contributed by atoms with van der Waals surface area (Å²) in [7, 11) is 0. The first-order chi connectivity index (χ1) is 7.31. The molecule has 82 valence electrons. The molecular weight excluding hydrogens is 210 g/mol. The molecule has 0 aliphatic rings. The van der Waals surface area contributed by atoms with Crippen molar-refractivity contribution < 1.29 is 4.79 Å². The van der Waals surface area contributed by atoms with E-state index in [4.69, 9.17) is 0 Å². The third-order valence-electron chi connectivity index (χ3n) is 1.93. The molecule has 0 saturated carbocycles. The second-order valence-electron chi connectivity index (χ2n) is 3.06. The Kier molecular flexibility index (Phi) is 5.10. The summed E-state index contributed by atoms with van der Waals surface area (Å²) < 4.78 is 0. The number of aromatic nitrogens is 2. The van der Waals surface area contributed by atoms with Gasteiger partial charge in [0.15, 0.2) is 11.4 Å². The summed E-state index contributed by atoms with van der Waals surface area (Å²) in [5.41, 5.74) is 0.518. The van der Waals surface area contributed by atoms with Crippen molar-refractivity contribution in [2.24, 2.45) is 0 Å². The normalized spacial score (nSPS) is 10.0. The van der Waals surface area contributed by atoms with Crippen molar-refractivity contribution in [1.29, 1.82) is 0 Å². The Labute approximate surface area is 93.9 Å². The molecule has 0 spiro atoms. The first kappa shape index (κ1) is 12.0. The van der Waals surface area contributed by atoms with E-state index < -0.39 is 0 Å². The number of aldehydes is 1. The third-order valence-corrected chi connectivity index (χ3v) is 2.49. The number of carbonyl (C=O) groups is 1. The maximum absolute atomic E-state index is 10.7. The Morgan fingerprint density at radius 1 is 1.60 bits per heavy atom. The molecule has 0 amide bonds. The van der Waals surface area contributed by atoms with Gasteiger partial charge in [-0.05, 0) is 12.7 Å². The highest BCUT2D eigenvalue weighted by molar-refractivity contribution is 7.98. The lowest BCUT2D eigenvalue weighted by molar-refractivity contribution is 0.112. The van der Waals surface area contributed by atoms with Crippen molar-refractivity contribution in [3.05, 3.63) is 11.8 Å². The first-order valence-corrected chi connectivity index (χ1v) is 6.14. The van der Waals surface area contributed by atoms with Crippen molar-refractivity contribution in [2.75, 3.05) is 18.1 Å². The van der Waals surface area contributed by atoms with Crippen molar-refractivity contribution in [3.63, 3.8) is 0 Å². The molecule has 1 rings (SSSR count). The van der Waals surface area contributed by atoms with E-state index in [1.807, 2.05) is 6.26 Å². The molecular formula is C10H15N3OS. The lowest BCUT2D eigenvalue weighted by Gasteiger charge is -2.07. The third kappa shape index (κ3) is 3.51. The summed E-state index contributed by atoms with van der Waals surface area (Å²) in [6.07, 6.45) is 6.42. The van der Waals surface area contributed by atoms with Crippen molar-refractivity contribution in [2.45, 2.75) is 24.9 Å². The zero-order valence-electron chi connectivity index (χ0n) is 8.99. The predicted octanol–water partition coefficient (Wildman–Crippen LogP) is 2.22. The molecule has 1 aromatic rings. The van der Waals surface area contributed by atoms with Crippen LogP contribution in [-0.4, -0.2) is 29.1 Å². The van der Waals surface area contributed by atoms with Gasteiger partial charge in [0.05, 0.1) is 5.56 Å². The molecule has 4 nitrogen and oxygen atoms in total. The average Bonchev–Trinajstić information content (AvgIpc) is 2.29. The second-order valence-corrected chi connectivity index (χ2v) is 3.83. The van der Waals surface area contributed by atoms with E-state index in [0.717, 1.165) is 25.7 Å². The van der Waals surface area contributed by atoms with Crippen LogP contribution in [-0.2, 0) is 0 Å². The van der Waals surface area contributed by atoms with Crippen LogP contribution < -0.4 is 5.32 Å². The van der Waals surface area contributed by atoms with Crippen LogP contribution in [0.3, 0.4) is 0 Å². The number of nitrogens with one attached hydrogen (secondary N) is 1. The number of rotatable bonds is 6. The predicted molar refractivity (Wildman–Crippen MR) is 62.6 cm³/mol. The lowest BCUT2D eigenvalue weighted by atomic mass is 10.3. The minimum atomic E-state index is 0.518. The summed E-state index contributed by atoms with van der Waals surface area (Å²) in [5.74, 6) is 0.637. The van der Waals surface area contributed by atoms with E-state index >= 15 is 0 Å². The van der Waals surface area contributed by atoms with Gasteiger partial charge in [-0.1, -0.05) is 25.1 Å². The van der Waals surface area contributed by atoms with E-state index in [9.17, 15) is 4.79 Å². The lowest BCUT2D eigenvalue weighted by Crippen LogP contribution is -2.07. The summed E-state index contributed by atoms with van der Waals surface area (Å²) >= 11 is 1.46. The largest absolute Gasteiger partial charge is 0.369 e. The van der Waals surface area contributed by atoms with E-state index in [-0.39, 0.29) is 0 Å². The van der Waals surface area contributed by atoms with Gasteiger partial charge in [0.25, 0.3) is 0 Å². The van der Waals surface area contributed by atoms with Crippen LogP contribution >= 0.6 is 11.8 Å². The Morgan fingerprint density at radius 2 is 2.40 bits per heavy atom. The Balaban J connectivity index is 2.76. The standard InChI is InChI=1S/C10H15N3OS/c1-3-4-5-11-9-8(7-14)6-12-10(13-9)15-2/h6-7H,3-5H2,1-2H3,(H,11,12,13). The zero-order chi connectivity index (χ0) is 11.1. The summed E-state index contributed by atoms with van der Waals surface area (Å²) in [6, 6.07) is 0. The Hall–Kier alpha value is -1.10. The Morgan fingerprint density at radius 3 is 3.00 bits per heavy atom. The van der Waals surface area contributed by atoms with Gasteiger partial charge in [-0.15, -0.1) is 0 Å². The monoisotopic (exact) mass is 225 g/mol. The van der Waals surface area contributed by atoms with Crippen LogP contribution in [0.1, 0.15) is 30.1 Å².